The van der Waals surface area contributed by atoms with Gasteiger partial charge in [0.05, 0.1) is 81.4 Å². The number of nitrogens with zero attached hydrogens (tertiary/aromatic N) is 17. The molecule has 0 unspecified atom stereocenters. The molecule has 658 valence electrons. The molecule has 0 fully saturated rings. The zero-order valence-corrected chi connectivity index (χ0v) is 68.0. The van der Waals surface area contributed by atoms with Crippen molar-refractivity contribution in [3.8, 4) is 69.3 Å². The zero-order chi connectivity index (χ0) is 89.2. The molecule has 4 amide bonds. The molecule has 4 bridgehead atoms. The summed E-state index contributed by atoms with van der Waals surface area (Å²) in [5.74, 6) is -2.14. The molecule has 48 heteroatoms. The third-order valence-corrected chi connectivity index (χ3v) is 16.3. The molecule has 0 aromatic carbocycles. The molecular formula is C77H85N23O25. The first kappa shape index (κ1) is 91.6. The van der Waals surface area contributed by atoms with E-state index in [0.29, 0.717) is 115 Å². The first-order chi connectivity index (χ1) is 60.4. The van der Waals surface area contributed by atoms with Gasteiger partial charge in [-0.3, -0.25) is 52.8 Å². The molecule has 0 saturated heterocycles. The Morgan fingerprint density at radius 1 is 0.520 bits per heavy atom. The number of carboxylic acid groups (broad SMARTS) is 1. The van der Waals surface area contributed by atoms with E-state index in [-0.39, 0.29) is 165 Å². The van der Waals surface area contributed by atoms with E-state index in [2.05, 4.69) is 81.5 Å². The summed E-state index contributed by atoms with van der Waals surface area (Å²) in [7, 11) is 6.54. The van der Waals surface area contributed by atoms with Gasteiger partial charge in [0, 0.05) is 151 Å². The van der Waals surface area contributed by atoms with Crippen molar-refractivity contribution in [3.63, 3.8) is 0 Å². The Morgan fingerprint density at radius 2 is 0.944 bits per heavy atom. The van der Waals surface area contributed by atoms with Crippen LogP contribution in [-0.2, 0) is 56.6 Å². The lowest BCUT2D eigenvalue weighted by atomic mass is 10.1. The number of hydrogen-bond acceptors (Lipinski definition) is 38. The second-order valence-electron chi connectivity index (χ2n) is 25.6. The molecule has 1 aliphatic heterocycles. The normalized spacial score (nSPS) is 11.8. The maximum atomic E-state index is 12.6. The molecule has 12 aromatic rings. The Morgan fingerprint density at radius 3 is 1.40 bits per heavy atom. The second-order valence-corrected chi connectivity index (χ2v) is 25.6. The molecular weight excluding hydrogens is 1650 g/mol. The minimum atomic E-state index is -1.17. The molecule has 13 rings (SSSR count). The fourth-order valence-corrected chi connectivity index (χ4v) is 10.7. The number of fused-ring (bicyclic) bond motifs is 6. The number of ketones is 1. The lowest BCUT2D eigenvalue weighted by Gasteiger charge is -2.08. The van der Waals surface area contributed by atoms with Gasteiger partial charge in [-0.2, -0.15) is 20.4 Å². The fraction of sp³-hybridized carbons (Fsp3) is 0.325. The molecule has 125 heavy (non-hydrogen) atoms. The van der Waals surface area contributed by atoms with Crippen LogP contribution in [0.4, 0.5) is 22.7 Å². The first-order valence-electron chi connectivity index (χ1n) is 38.0. The van der Waals surface area contributed by atoms with E-state index in [4.69, 9.17) is 81.6 Å². The van der Waals surface area contributed by atoms with E-state index < -0.39 is 34.6 Å². The highest BCUT2D eigenvalue weighted by Crippen LogP contribution is 2.28. The number of aryl methyl sites for hydroxylation is 4. The van der Waals surface area contributed by atoms with Crippen LogP contribution in [0, 0.1) is 10.1 Å². The van der Waals surface area contributed by atoms with Crippen molar-refractivity contribution in [2.75, 3.05) is 129 Å². The van der Waals surface area contributed by atoms with Gasteiger partial charge >= 0.3 is 23.6 Å². The first-order valence-corrected chi connectivity index (χ1v) is 38.0. The third kappa shape index (κ3) is 27.7. The number of Topliss-reactive ketones (excluding diaryl/α,β-unsaturated/α-hetero) is 1. The second kappa shape index (κ2) is 46.2. The summed E-state index contributed by atoms with van der Waals surface area (Å²) < 4.78 is 80.5. The standard InChI is InChI=1S/C20H22N6O8.C20H24N6O6.C19H19N5O5.C18H20N6O6/c1-3-32-20(28)14-12-34-19(23-14)13-4-5-21-16(10-13)33-9-8-31-7-6-22-18(27)17-15(26(29)30)11-25(2)24-17;1-3-30-20(28)15-12-32-19(24-15)13-4-5-22-16(10-13)31-9-8-29-7-6-23-18(27)17-14(21)11-26(2)25-17;1-24-10-13-17(23-24)15(25)3-2-6-27-7-8-28-16-9-12(4-5-20-16)19-22-14(11-29-19)18(26)21-13;1-24-9-12(19)15(23-24)16(25)21-4-5-28-6-7-29-14-8-11(2-3-20-14)17-22-13(10-30-17)18(26)27/h4-5,10-12H,3,6-9H2,1-2H3,(H,22,27);4-5,10-12H,3,6-9,21H2,1-2H3,(H,23,27);4-5,9-11H,2-3,6-8H2,1H3,(H,21,26);2-3,8-10H,4-7,19H2,1H3,(H,21,25)(H,26,27). The van der Waals surface area contributed by atoms with Gasteiger partial charge in [-0.05, 0) is 44.5 Å². The summed E-state index contributed by atoms with van der Waals surface area (Å²) in [6.07, 6.45) is 17.5. The summed E-state index contributed by atoms with van der Waals surface area (Å²) in [6, 6.07) is 13.1. The van der Waals surface area contributed by atoms with Crippen molar-refractivity contribution < 1.29 is 113 Å². The number of nitrogen functional groups attached to an aromatic ring is 2. The highest BCUT2D eigenvalue weighted by atomic mass is 16.6. The Hall–Kier alpha value is -15.7. The lowest BCUT2D eigenvalue weighted by Crippen LogP contribution is -2.28. The van der Waals surface area contributed by atoms with Gasteiger partial charge in [0.15, 0.2) is 45.6 Å². The summed E-state index contributed by atoms with van der Waals surface area (Å²) in [4.78, 5) is 138. The SMILES string of the molecule is CCOC(=O)c1coc(-c2ccnc(OCCOCCNC(=O)c3nn(C)cc3N)c2)n1.CCOC(=O)c1coc(-c2ccnc(OCCOCCNC(=O)c3nn(C)cc3[N+](=O)[O-])c2)n1.Cn1cc(N)c(C(=O)NCCOCCOc2cc(-c3nc(C(=O)O)co3)ccn2)n1.Cn1cc2c(n1)C(=O)CCCOCCOc1cc(ccn1)-c1nc(co1)C(=O)N2. The Bertz CT molecular complexity index is 5650. The summed E-state index contributed by atoms with van der Waals surface area (Å²) in [6.45, 7) is 7.87. The highest BCUT2D eigenvalue weighted by molar-refractivity contribution is 6.08. The van der Waals surface area contributed by atoms with Gasteiger partial charge in [0.25, 0.3) is 23.6 Å². The lowest BCUT2D eigenvalue weighted by molar-refractivity contribution is -0.385. The third-order valence-electron chi connectivity index (χ3n) is 16.3. The number of aromatic nitrogens is 16. The number of oxazole rings is 4. The molecule has 9 N–H and O–H groups in total. The van der Waals surface area contributed by atoms with E-state index in [9.17, 15) is 48.5 Å². The predicted octanol–water partition coefficient (Wildman–Crippen LogP) is 5.11. The van der Waals surface area contributed by atoms with Crippen LogP contribution in [0.25, 0.3) is 45.8 Å². The Labute approximate surface area is 707 Å². The van der Waals surface area contributed by atoms with Gasteiger partial charge in [-0.25, -0.2) is 54.3 Å². The number of pyridine rings is 4. The molecule has 1 aliphatic rings. The molecule has 0 atom stereocenters. The fourth-order valence-electron chi connectivity index (χ4n) is 10.7. The van der Waals surface area contributed by atoms with Crippen LogP contribution in [-0.4, -0.2) is 248 Å². The van der Waals surface area contributed by atoms with Crippen LogP contribution >= 0.6 is 0 Å². The predicted molar refractivity (Wildman–Crippen MR) is 430 cm³/mol. The monoisotopic (exact) mass is 1730 g/mol. The Kier molecular flexibility index (Phi) is 33.8. The summed E-state index contributed by atoms with van der Waals surface area (Å²) in [5, 5.41) is 46.4. The van der Waals surface area contributed by atoms with Crippen molar-refractivity contribution in [1.29, 1.82) is 0 Å². The van der Waals surface area contributed by atoms with Crippen molar-refractivity contribution in [3.05, 3.63) is 179 Å². The zero-order valence-electron chi connectivity index (χ0n) is 68.0. The van der Waals surface area contributed by atoms with Crippen molar-refractivity contribution >= 4 is 70.1 Å². The topological polar surface area (TPSA) is 619 Å². The summed E-state index contributed by atoms with van der Waals surface area (Å²) in [5.41, 5.74) is 14.7. The number of carbonyl (C=O) groups excluding carboxylic acids is 7. The number of anilines is 3. The van der Waals surface area contributed by atoms with Crippen LogP contribution < -0.4 is 51.7 Å². The number of amides is 4. The summed E-state index contributed by atoms with van der Waals surface area (Å²) >= 11 is 0. The number of nitro groups is 1. The average Bonchev–Trinajstić information content (AvgIpc) is 1.74. The molecule has 0 spiro atoms. The number of aromatic carboxylic acids is 1. The molecule has 0 radical (unpaired) electrons. The minimum Gasteiger partial charge on any atom is -0.476 e. The van der Waals surface area contributed by atoms with Crippen LogP contribution in [0.15, 0.2) is 141 Å². The number of nitrogens with one attached hydrogen (secondary N) is 4. The van der Waals surface area contributed by atoms with E-state index in [0.717, 1.165) is 12.5 Å². The van der Waals surface area contributed by atoms with Gasteiger partial charge in [-0.15, -0.1) is 0 Å². The largest absolute Gasteiger partial charge is 0.476 e. The van der Waals surface area contributed by atoms with Gasteiger partial charge in [0.1, 0.15) is 57.7 Å². The number of rotatable bonds is 33. The van der Waals surface area contributed by atoms with Gasteiger partial charge < -0.3 is 103 Å². The molecule has 0 saturated carbocycles. The minimum absolute atomic E-state index is 0.0641. The molecule has 13 heterocycles. The molecule has 0 aliphatic carbocycles. The molecule has 12 aromatic heterocycles. The maximum Gasteiger partial charge on any atom is 0.360 e. The number of carboxylic acids is 1. The van der Waals surface area contributed by atoms with Gasteiger partial charge in [-0.1, -0.05) is 0 Å². The van der Waals surface area contributed by atoms with Crippen LogP contribution in [0.5, 0.6) is 23.5 Å². The van der Waals surface area contributed by atoms with Crippen molar-refractivity contribution in [2.45, 2.75) is 26.7 Å². The number of esters is 2. The van der Waals surface area contributed by atoms with Crippen molar-refractivity contribution in [1.82, 2.24) is 94.9 Å². The van der Waals surface area contributed by atoms with Gasteiger partial charge in [0.2, 0.25) is 52.8 Å². The van der Waals surface area contributed by atoms with Crippen LogP contribution in [0.1, 0.15) is 111 Å². The number of nitrogens with two attached hydrogens (primary N) is 2. The molecule has 48 nitrogen and oxygen atoms in total. The maximum absolute atomic E-state index is 12.6. The number of hydrogen-bond donors (Lipinski definition) is 7. The quantitative estimate of drug-likeness (QED) is 0.0122. The number of ether oxygens (including phenoxy) is 10. The van der Waals surface area contributed by atoms with Crippen molar-refractivity contribution in [2.24, 2.45) is 28.2 Å². The Balaban J connectivity index is 0.000000174. The average molecular weight is 1730 g/mol. The number of carbonyl (C=O) groups is 8. The van der Waals surface area contributed by atoms with Crippen LogP contribution in [0.3, 0.4) is 0 Å². The van der Waals surface area contributed by atoms with E-state index in [1.807, 2.05) is 0 Å². The van der Waals surface area contributed by atoms with Crippen LogP contribution in [0.2, 0.25) is 0 Å². The highest BCUT2D eigenvalue weighted by Gasteiger charge is 2.27. The smallest absolute Gasteiger partial charge is 0.360 e. The van der Waals surface area contributed by atoms with E-state index in [1.165, 1.54) is 57.0 Å². The van der Waals surface area contributed by atoms with E-state index >= 15 is 0 Å². The van der Waals surface area contributed by atoms with E-state index in [1.54, 1.807) is 115 Å².